The first kappa shape index (κ1) is 8.25. The summed E-state index contributed by atoms with van der Waals surface area (Å²) in [6, 6.07) is 0. The Morgan fingerprint density at radius 2 is 2.27 bits per heavy atom. The highest BCUT2D eigenvalue weighted by molar-refractivity contribution is 7.12. The maximum atomic E-state index is 8.41. The van der Waals surface area contributed by atoms with Crippen molar-refractivity contribution in [1.29, 1.82) is 0 Å². The molecule has 0 bridgehead atoms. The van der Waals surface area contributed by atoms with Gasteiger partial charge in [-0.15, -0.1) is 11.3 Å². The molecule has 1 heterocycles. The second-order valence-corrected chi connectivity index (χ2v) is 3.32. The minimum Gasteiger partial charge on any atom is -0.384 e. The largest absolute Gasteiger partial charge is 0.384 e. The van der Waals surface area contributed by atoms with E-state index >= 15 is 0 Å². The minimum absolute atomic E-state index is 0.0995. The monoisotopic (exact) mass is 167 g/mol. The molecule has 0 spiro atoms. The lowest BCUT2D eigenvalue weighted by atomic mass is 10.4. The molecule has 0 saturated carbocycles. The average Bonchev–Trinajstić information content (AvgIpc) is 2.28. The first-order chi connectivity index (χ1) is 5.24. The number of aliphatic hydroxyl groups excluding tert-OH is 1. The lowest BCUT2D eigenvalue weighted by Crippen LogP contribution is -1.75. The van der Waals surface area contributed by atoms with E-state index in [1.54, 1.807) is 11.3 Å². The maximum absolute atomic E-state index is 8.41. The van der Waals surface area contributed by atoms with Gasteiger partial charge in [0.2, 0.25) is 0 Å². The number of hydrogen-bond donors (Lipinski definition) is 1. The van der Waals surface area contributed by atoms with E-state index < -0.39 is 0 Å². The summed E-state index contributed by atoms with van der Waals surface area (Å²) in [4.78, 5) is 5.37. The number of rotatable bonds is 0. The number of hydrogen-bond acceptors (Lipinski definition) is 3. The highest BCUT2D eigenvalue weighted by Gasteiger charge is 1.98. The van der Waals surface area contributed by atoms with Gasteiger partial charge in [0.1, 0.15) is 6.61 Å². The molecule has 0 radical (unpaired) electrons. The molecule has 1 rings (SSSR count). The number of thiazole rings is 1. The molecular formula is C8H9NOS. The van der Waals surface area contributed by atoms with E-state index in [-0.39, 0.29) is 6.61 Å². The standard InChI is InChI=1S/C8H9NOS/c1-6-7(2)11-8(9-6)4-3-5-10/h10H,5H2,1-2H3. The van der Waals surface area contributed by atoms with Crippen molar-refractivity contribution in [3.63, 3.8) is 0 Å². The third-order valence-electron chi connectivity index (χ3n) is 1.30. The van der Waals surface area contributed by atoms with Crippen LogP contribution in [0.25, 0.3) is 0 Å². The molecule has 0 aliphatic carbocycles. The van der Waals surface area contributed by atoms with Gasteiger partial charge in [-0.1, -0.05) is 5.92 Å². The van der Waals surface area contributed by atoms with E-state index in [9.17, 15) is 0 Å². The van der Waals surface area contributed by atoms with Crippen LogP contribution in [-0.4, -0.2) is 16.7 Å². The summed E-state index contributed by atoms with van der Waals surface area (Å²) in [5.74, 6) is 5.32. The predicted octanol–water partition coefficient (Wildman–Crippen LogP) is 1.10. The van der Waals surface area contributed by atoms with Crippen LogP contribution in [0, 0.1) is 25.7 Å². The van der Waals surface area contributed by atoms with Crippen molar-refractivity contribution < 1.29 is 5.11 Å². The Morgan fingerprint density at radius 3 is 2.73 bits per heavy atom. The second kappa shape index (κ2) is 3.51. The molecule has 11 heavy (non-hydrogen) atoms. The summed E-state index contributed by atoms with van der Waals surface area (Å²) in [5.41, 5.74) is 1.03. The minimum atomic E-state index is -0.0995. The van der Waals surface area contributed by atoms with E-state index in [0.717, 1.165) is 10.7 Å². The van der Waals surface area contributed by atoms with E-state index in [4.69, 9.17) is 5.11 Å². The molecule has 1 aromatic heterocycles. The van der Waals surface area contributed by atoms with Gasteiger partial charge in [-0.05, 0) is 19.8 Å². The van der Waals surface area contributed by atoms with E-state index in [0.29, 0.717) is 0 Å². The van der Waals surface area contributed by atoms with Crippen molar-refractivity contribution >= 4 is 11.3 Å². The summed E-state index contributed by atoms with van der Waals surface area (Å²) in [6.07, 6.45) is 0. The summed E-state index contributed by atoms with van der Waals surface area (Å²) < 4.78 is 0. The van der Waals surface area contributed by atoms with Crippen molar-refractivity contribution in [2.75, 3.05) is 6.61 Å². The van der Waals surface area contributed by atoms with Gasteiger partial charge in [-0.2, -0.15) is 0 Å². The fraction of sp³-hybridized carbons (Fsp3) is 0.375. The molecule has 0 fully saturated rings. The van der Waals surface area contributed by atoms with E-state index in [1.807, 2.05) is 13.8 Å². The van der Waals surface area contributed by atoms with Crippen LogP contribution in [-0.2, 0) is 0 Å². The van der Waals surface area contributed by atoms with Crippen LogP contribution in [0.1, 0.15) is 15.6 Å². The van der Waals surface area contributed by atoms with Gasteiger partial charge in [-0.25, -0.2) is 4.98 Å². The Labute approximate surface area is 69.9 Å². The lowest BCUT2D eigenvalue weighted by molar-refractivity contribution is 0.350. The first-order valence-electron chi connectivity index (χ1n) is 3.28. The molecule has 58 valence electrons. The summed E-state index contributed by atoms with van der Waals surface area (Å²) in [6.45, 7) is 3.87. The average molecular weight is 167 g/mol. The molecule has 1 N–H and O–H groups in total. The van der Waals surface area contributed by atoms with Crippen LogP contribution in [0.2, 0.25) is 0 Å². The first-order valence-corrected chi connectivity index (χ1v) is 4.09. The number of nitrogens with zero attached hydrogens (tertiary/aromatic N) is 1. The van der Waals surface area contributed by atoms with Crippen molar-refractivity contribution in [1.82, 2.24) is 4.98 Å². The van der Waals surface area contributed by atoms with Gasteiger partial charge in [0.25, 0.3) is 0 Å². The van der Waals surface area contributed by atoms with Crippen LogP contribution in [0.15, 0.2) is 0 Å². The van der Waals surface area contributed by atoms with Crippen molar-refractivity contribution in [2.45, 2.75) is 13.8 Å². The molecule has 1 aromatic rings. The Kier molecular flexibility index (Phi) is 2.64. The molecule has 0 saturated heterocycles. The molecule has 0 amide bonds. The Hall–Kier alpha value is -0.850. The fourth-order valence-corrected chi connectivity index (χ4v) is 1.43. The summed E-state index contributed by atoms with van der Waals surface area (Å²) >= 11 is 1.56. The zero-order valence-corrected chi connectivity index (χ0v) is 7.33. The van der Waals surface area contributed by atoms with Crippen molar-refractivity contribution in [3.05, 3.63) is 15.6 Å². The molecule has 3 heteroatoms. The molecule has 2 nitrogen and oxygen atoms in total. The topological polar surface area (TPSA) is 33.1 Å². The zero-order valence-electron chi connectivity index (χ0n) is 6.51. The normalized spacial score (nSPS) is 9.00. The molecule has 0 aromatic carbocycles. The van der Waals surface area contributed by atoms with Crippen molar-refractivity contribution in [2.24, 2.45) is 0 Å². The zero-order chi connectivity index (χ0) is 8.27. The quantitative estimate of drug-likeness (QED) is 0.587. The summed E-state index contributed by atoms with van der Waals surface area (Å²) in [5, 5.41) is 9.19. The molecular weight excluding hydrogens is 158 g/mol. The highest BCUT2D eigenvalue weighted by atomic mass is 32.1. The maximum Gasteiger partial charge on any atom is 0.167 e. The van der Waals surface area contributed by atoms with Crippen molar-refractivity contribution in [3.8, 4) is 11.8 Å². The van der Waals surface area contributed by atoms with E-state index in [1.165, 1.54) is 4.88 Å². The predicted molar refractivity (Wildman–Crippen MR) is 45.6 cm³/mol. The van der Waals surface area contributed by atoms with Crippen LogP contribution in [0.5, 0.6) is 0 Å². The summed E-state index contributed by atoms with van der Waals surface area (Å²) in [7, 11) is 0. The Bertz CT molecular complexity index is 286. The SMILES string of the molecule is Cc1nc(C#CCO)sc1C. The molecule has 0 aliphatic rings. The van der Waals surface area contributed by atoms with Crippen LogP contribution < -0.4 is 0 Å². The molecule has 0 aliphatic heterocycles. The lowest BCUT2D eigenvalue weighted by Gasteiger charge is -1.77. The third-order valence-corrected chi connectivity index (χ3v) is 2.29. The fourth-order valence-electron chi connectivity index (χ4n) is 0.641. The molecule has 0 atom stereocenters. The van der Waals surface area contributed by atoms with Crippen LogP contribution in [0.3, 0.4) is 0 Å². The Morgan fingerprint density at radius 1 is 1.55 bits per heavy atom. The molecule has 0 unspecified atom stereocenters. The van der Waals surface area contributed by atoms with Gasteiger partial charge in [0.15, 0.2) is 5.01 Å². The Balaban J connectivity index is 2.89. The van der Waals surface area contributed by atoms with Crippen LogP contribution in [0.4, 0.5) is 0 Å². The highest BCUT2D eigenvalue weighted by Crippen LogP contribution is 2.14. The number of aryl methyl sites for hydroxylation is 2. The van der Waals surface area contributed by atoms with Gasteiger partial charge in [-0.3, -0.25) is 0 Å². The van der Waals surface area contributed by atoms with Gasteiger partial charge in [0, 0.05) is 4.88 Å². The number of aliphatic hydroxyl groups is 1. The number of aromatic nitrogens is 1. The van der Waals surface area contributed by atoms with Gasteiger partial charge < -0.3 is 5.11 Å². The third kappa shape index (κ3) is 2.04. The van der Waals surface area contributed by atoms with Gasteiger partial charge >= 0.3 is 0 Å². The smallest absolute Gasteiger partial charge is 0.167 e. The van der Waals surface area contributed by atoms with Crippen LogP contribution >= 0.6 is 11.3 Å². The second-order valence-electron chi connectivity index (χ2n) is 2.12. The van der Waals surface area contributed by atoms with Gasteiger partial charge in [0.05, 0.1) is 5.69 Å². The van der Waals surface area contributed by atoms with E-state index in [2.05, 4.69) is 16.8 Å².